The molecule has 0 aliphatic rings. The molecule has 0 aliphatic carbocycles. The second-order valence-corrected chi connectivity index (χ2v) is 5.60. The van der Waals surface area contributed by atoms with Gasteiger partial charge in [0.2, 0.25) is 5.95 Å². The highest BCUT2D eigenvalue weighted by Gasteiger charge is 2.08. The van der Waals surface area contributed by atoms with E-state index < -0.39 is 11.2 Å². The van der Waals surface area contributed by atoms with Gasteiger partial charge in [0.1, 0.15) is 0 Å². The van der Waals surface area contributed by atoms with Crippen LogP contribution in [-0.4, -0.2) is 39.0 Å². The van der Waals surface area contributed by atoms with Crippen LogP contribution in [0.4, 0.5) is 5.95 Å². The maximum absolute atomic E-state index is 11.5. The van der Waals surface area contributed by atoms with E-state index in [2.05, 4.69) is 43.1 Å². The van der Waals surface area contributed by atoms with Crippen molar-refractivity contribution >= 4 is 28.3 Å². The Balaban J connectivity index is 0.000000161. The third-order valence-electron chi connectivity index (χ3n) is 3.66. The molecule has 0 bridgehead atoms. The Morgan fingerprint density at radius 1 is 0.929 bits per heavy atom. The summed E-state index contributed by atoms with van der Waals surface area (Å²) in [4.78, 5) is 52.5. The minimum absolute atomic E-state index is 0.0753. The van der Waals surface area contributed by atoms with E-state index in [-0.39, 0.29) is 11.5 Å². The first-order chi connectivity index (χ1) is 13.4. The van der Waals surface area contributed by atoms with E-state index in [0.29, 0.717) is 35.4 Å². The zero-order valence-corrected chi connectivity index (χ0v) is 14.7. The smallest absolute Gasteiger partial charge is 0.327 e. The van der Waals surface area contributed by atoms with Gasteiger partial charge in [-0.15, -0.1) is 13.2 Å². The largest absolute Gasteiger partial charge is 0.369 e. The SMILES string of the molecule is C=CCn1cnc2[nH]c(=O)[nH]c(=O)c21.C=CCn1cnc2nc(N)[nH]c(=O)c21. The highest BCUT2D eigenvalue weighted by atomic mass is 16.2. The Morgan fingerprint density at radius 3 is 2.21 bits per heavy atom. The first-order valence-electron chi connectivity index (χ1n) is 8.04. The van der Waals surface area contributed by atoms with Gasteiger partial charge in [-0.3, -0.25) is 24.5 Å². The maximum Gasteiger partial charge on any atom is 0.327 e. The van der Waals surface area contributed by atoms with E-state index in [9.17, 15) is 14.4 Å². The van der Waals surface area contributed by atoms with Gasteiger partial charge in [0.15, 0.2) is 22.3 Å². The van der Waals surface area contributed by atoms with Crippen LogP contribution in [-0.2, 0) is 13.1 Å². The van der Waals surface area contributed by atoms with Crippen molar-refractivity contribution in [3.05, 3.63) is 69.2 Å². The van der Waals surface area contributed by atoms with Gasteiger partial charge >= 0.3 is 5.69 Å². The number of anilines is 1. The number of rotatable bonds is 4. The van der Waals surface area contributed by atoms with Crippen molar-refractivity contribution in [2.75, 3.05) is 5.73 Å². The predicted molar refractivity (Wildman–Crippen MR) is 104 cm³/mol. The molecule has 144 valence electrons. The van der Waals surface area contributed by atoms with Gasteiger partial charge < -0.3 is 14.9 Å². The predicted octanol–water partition coefficient (Wildman–Crippen LogP) is -0.513. The van der Waals surface area contributed by atoms with Crippen molar-refractivity contribution < 1.29 is 0 Å². The molecule has 0 aromatic carbocycles. The minimum Gasteiger partial charge on any atom is -0.369 e. The number of hydrogen-bond donors (Lipinski definition) is 4. The Labute approximate surface area is 156 Å². The van der Waals surface area contributed by atoms with Gasteiger partial charge in [-0.25, -0.2) is 14.8 Å². The fourth-order valence-electron chi connectivity index (χ4n) is 2.57. The number of aromatic nitrogens is 8. The number of nitrogen functional groups attached to an aromatic ring is 1. The maximum atomic E-state index is 11.5. The molecule has 4 aromatic heterocycles. The van der Waals surface area contributed by atoms with Crippen LogP contribution in [0.3, 0.4) is 0 Å². The number of allylic oxidation sites excluding steroid dienone is 2. The fourth-order valence-corrected chi connectivity index (χ4v) is 2.57. The molecule has 0 unspecified atom stereocenters. The number of imidazole rings is 2. The van der Waals surface area contributed by atoms with Gasteiger partial charge in [-0.1, -0.05) is 12.2 Å². The molecule has 0 amide bonds. The van der Waals surface area contributed by atoms with Gasteiger partial charge in [0, 0.05) is 13.1 Å². The molecule has 5 N–H and O–H groups in total. The number of H-pyrrole nitrogens is 3. The molecular formula is C16H17N9O3. The van der Waals surface area contributed by atoms with Gasteiger partial charge in [0.05, 0.1) is 12.7 Å². The average molecular weight is 383 g/mol. The molecule has 28 heavy (non-hydrogen) atoms. The van der Waals surface area contributed by atoms with E-state index in [1.165, 1.54) is 12.7 Å². The summed E-state index contributed by atoms with van der Waals surface area (Å²) >= 11 is 0. The molecule has 4 rings (SSSR count). The second kappa shape index (κ2) is 7.57. The molecule has 0 aliphatic heterocycles. The van der Waals surface area contributed by atoms with Crippen molar-refractivity contribution in [2.24, 2.45) is 0 Å². The first-order valence-corrected chi connectivity index (χ1v) is 8.04. The van der Waals surface area contributed by atoms with Crippen molar-refractivity contribution in [1.82, 2.24) is 39.0 Å². The van der Waals surface area contributed by atoms with Crippen LogP contribution in [0, 0.1) is 0 Å². The quantitative estimate of drug-likeness (QED) is 0.343. The molecule has 0 spiro atoms. The van der Waals surface area contributed by atoms with E-state index >= 15 is 0 Å². The third kappa shape index (κ3) is 3.51. The Kier molecular flexibility index (Phi) is 5.02. The second-order valence-electron chi connectivity index (χ2n) is 5.60. The summed E-state index contributed by atoms with van der Waals surface area (Å²) in [5.41, 5.74) is 5.51. The summed E-state index contributed by atoms with van der Waals surface area (Å²) in [6, 6.07) is 0. The minimum atomic E-state index is -0.550. The molecule has 0 fully saturated rings. The summed E-state index contributed by atoms with van der Waals surface area (Å²) in [6.07, 6.45) is 6.34. The highest BCUT2D eigenvalue weighted by molar-refractivity contribution is 5.70. The van der Waals surface area contributed by atoms with Crippen LogP contribution < -0.4 is 22.5 Å². The lowest BCUT2D eigenvalue weighted by Gasteiger charge is -1.97. The Bertz CT molecular complexity index is 1340. The molecule has 12 nitrogen and oxygen atoms in total. The zero-order chi connectivity index (χ0) is 20.3. The molecule has 0 atom stereocenters. The fraction of sp³-hybridized carbons (Fsp3) is 0.125. The van der Waals surface area contributed by atoms with Crippen molar-refractivity contribution in [3.63, 3.8) is 0 Å². The van der Waals surface area contributed by atoms with E-state index in [1.54, 1.807) is 21.3 Å². The van der Waals surface area contributed by atoms with Gasteiger partial charge in [-0.05, 0) is 0 Å². The van der Waals surface area contributed by atoms with Crippen molar-refractivity contribution in [3.8, 4) is 0 Å². The molecule has 4 aromatic rings. The molecule has 0 saturated carbocycles. The van der Waals surface area contributed by atoms with Crippen LogP contribution in [0.15, 0.2) is 52.3 Å². The summed E-state index contributed by atoms with van der Waals surface area (Å²) in [7, 11) is 0. The van der Waals surface area contributed by atoms with Crippen molar-refractivity contribution in [1.29, 1.82) is 0 Å². The van der Waals surface area contributed by atoms with Crippen LogP contribution in [0.2, 0.25) is 0 Å². The lowest BCUT2D eigenvalue weighted by molar-refractivity contribution is 0.844. The Morgan fingerprint density at radius 2 is 1.54 bits per heavy atom. The molecular weight excluding hydrogens is 366 g/mol. The Hall–Kier alpha value is -4.22. The molecule has 0 saturated heterocycles. The summed E-state index contributed by atoms with van der Waals surface area (Å²) < 4.78 is 3.27. The summed E-state index contributed by atoms with van der Waals surface area (Å²) in [6.45, 7) is 8.14. The molecule has 12 heteroatoms. The first kappa shape index (κ1) is 18.6. The van der Waals surface area contributed by atoms with Crippen LogP contribution in [0.5, 0.6) is 0 Å². The zero-order valence-electron chi connectivity index (χ0n) is 14.7. The topological polar surface area (TPSA) is 173 Å². The summed E-state index contributed by atoms with van der Waals surface area (Å²) in [5.74, 6) is 0.0753. The number of aromatic amines is 3. The highest BCUT2D eigenvalue weighted by Crippen LogP contribution is 2.05. The van der Waals surface area contributed by atoms with Crippen LogP contribution in [0.1, 0.15) is 0 Å². The van der Waals surface area contributed by atoms with Gasteiger partial charge in [0.25, 0.3) is 11.1 Å². The molecule has 4 heterocycles. The average Bonchev–Trinajstić information content (AvgIpc) is 3.21. The van der Waals surface area contributed by atoms with Gasteiger partial charge in [-0.2, -0.15) is 4.98 Å². The lowest BCUT2D eigenvalue weighted by Crippen LogP contribution is -2.23. The normalized spacial score (nSPS) is 10.6. The third-order valence-corrected chi connectivity index (χ3v) is 3.66. The molecule has 0 radical (unpaired) electrons. The van der Waals surface area contributed by atoms with E-state index in [1.807, 2.05) is 0 Å². The summed E-state index contributed by atoms with van der Waals surface area (Å²) in [5, 5.41) is 0. The number of nitrogens with one attached hydrogen (secondary N) is 3. The number of fused-ring (bicyclic) bond motifs is 2. The number of nitrogens with zero attached hydrogens (tertiary/aromatic N) is 5. The van der Waals surface area contributed by atoms with E-state index in [4.69, 9.17) is 5.73 Å². The van der Waals surface area contributed by atoms with Crippen molar-refractivity contribution in [2.45, 2.75) is 13.1 Å². The monoisotopic (exact) mass is 383 g/mol. The number of nitrogens with two attached hydrogens (primary N) is 1. The lowest BCUT2D eigenvalue weighted by atomic mass is 10.5. The number of hydrogen-bond acceptors (Lipinski definition) is 7. The standard InChI is InChI=1S/C8H9N5O.C8H8N4O2/c1-2-3-13-4-10-6-5(13)7(14)12-8(9)11-6;1-2-3-12-4-9-6-5(12)7(13)11-8(14)10-6/h2,4H,1,3H2,(H3,9,11,12,14);2,4H,1,3H2,(H2,10,11,13,14). The van der Waals surface area contributed by atoms with Crippen LogP contribution >= 0.6 is 0 Å². The van der Waals surface area contributed by atoms with Crippen LogP contribution in [0.25, 0.3) is 22.3 Å². The van der Waals surface area contributed by atoms with E-state index in [0.717, 1.165) is 0 Å².